The number of benzene rings is 1. The van der Waals surface area contributed by atoms with Gasteiger partial charge in [0.2, 0.25) is 11.8 Å². The zero-order chi connectivity index (χ0) is 13.7. The molecular formula is C12H14ClFN2O2. The highest BCUT2D eigenvalue weighted by Crippen LogP contribution is 2.19. The highest BCUT2D eigenvalue weighted by atomic mass is 35.5. The zero-order valence-corrected chi connectivity index (χ0v) is 10.8. The van der Waals surface area contributed by atoms with E-state index in [4.69, 9.17) is 11.6 Å². The van der Waals surface area contributed by atoms with Gasteiger partial charge in [0.1, 0.15) is 11.9 Å². The van der Waals surface area contributed by atoms with Gasteiger partial charge in [0.25, 0.3) is 0 Å². The lowest BCUT2D eigenvalue weighted by Crippen LogP contribution is -2.41. The maximum atomic E-state index is 12.9. The molecule has 0 heterocycles. The Balaban J connectivity index is 2.63. The van der Waals surface area contributed by atoms with Gasteiger partial charge in [-0.05, 0) is 25.1 Å². The van der Waals surface area contributed by atoms with Gasteiger partial charge >= 0.3 is 0 Å². The van der Waals surface area contributed by atoms with Crippen molar-refractivity contribution in [2.75, 3.05) is 5.32 Å². The van der Waals surface area contributed by atoms with Crippen molar-refractivity contribution in [3.63, 3.8) is 0 Å². The molecule has 0 saturated carbocycles. The third-order valence-electron chi connectivity index (χ3n) is 2.28. The number of halogens is 2. The molecule has 0 aliphatic carbocycles. The largest absolute Gasteiger partial charge is 0.345 e. The average molecular weight is 273 g/mol. The first-order valence-corrected chi connectivity index (χ1v) is 5.87. The van der Waals surface area contributed by atoms with Crippen LogP contribution < -0.4 is 10.6 Å². The molecule has 98 valence electrons. The van der Waals surface area contributed by atoms with E-state index >= 15 is 0 Å². The van der Waals surface area contributed by atoms with Gasteiger partial charge in [0, 0.05) is 12.1 Å². The molecular weight excluding hydrogens is 259 g/mol. The standard InChI is InChI=1S/C12H14ClFN2O2/c1-3-11(17)15-7(2)12(18)16-8-4-5-10(14)9(13)6-8/h4-7H,3H2,1-2H3,(H,15,17)(H,16,18)/t7-/m0/s1. The van der Waals surface area contributed by atoms with Crippen LogP contribution in [0.4, 0.5) is 10.1 Å². The van der Waals surface area contributed by atoms with Crippen LogP contribution in [0.1, 0.15) is 20.3 Å². The van der Waals surface area contributed by atoms with Crippen molar-refractivity contribution in [3.8, 4) is 0 Å². The minimum Gasteiger partial charge on any atom is -0.345 e. The molecule has 0 aromatic heterocycles. The molecule has 0 aliphatic heterocycles. The van der Waals surface area contributed by atoms with Crippen LogP contribution in [-0.4, -0.2) is 17.9 Å². The van der Waals surface area contributed by atoms with Crippen molar-refractivity contribution < 1.29 is 14.0 Å². The van der Waals surface area contributed by atoms with Crippen molar-refractivity contribution in [1.82, 2.24) is 5.32 Å². The first-order valence-electron chi connectivity index (χ1n) is 5.49. The van der Waals surface area contributed by atoms with Gasteiger partial charge in [-0.1, -0.05) is 18.5 Å². The van der Waals surface area contributed by atoms with Gasteiger partial charge in [0.15, 0.2) is 0 Å². The summed E-state index contributed by atoms with van der Waals surface area (Å²) in [6.45, 7) is 3.26. The van der Waals surface area contributed by atoms with Crippen molar-refractivity contribution in [2.45, 2.75) is 26.3 Å². The average Bonchev–Trinajstić information content (AvgIpc) is 2.33. The second kappa shape index (κ2) is 6.35. The minimum absolute atomic E-state index is 0.0713. The lowest BCUT2D eigenvalue weighted by atomic mass is 10.2. The summed E-state index contributed by atoms with van der Waals surface area (Å²) in [4.78, 5) is 22.8. The fourth-order valence-corrected chi connectivity index (χ4v) is 1.41. The second-order valence-corrected chi connectivity index (χ2v) is 4.17. The van der Waals surface area contributed by atoms with Gasteiger partial charge in [-0.3, -0.25) is 9.59 Å². The Kier molecular flexibility index (Phi) is 5.09. The van der Waals surface area contributed by atoms with E-state index in [2.05, 4.69) is 10.6 Å². The molecule has 0 fully saturated rings. The number of amides is 2. The lowest BCUT2D eigenvalue weighted by Gasteiger charge is -2.13. The summed E-state index contributed by atoms with van der Waals surface area (Å²) >= 11 is 5.59. The first-order chi connectivity index (χ1) is 8.43. The quantitative estimate of drug-likeness (QED) is 0.884. The van der Waals surface area contributed by atoms with E-state index in [0.29, 0.717) is 12.1 Å². The van der Waals surface area contributed by atoms with Crippen LogP contribution in [0.3, 0.4) is 0 Å². The maximum absolute atomic E-state index is 12.9. The topological polar surface area (TPSA) is 58.2 Å². The van der Waals surface area contributed by atoms with E-state index in [1.54, 1.807) is 13.8 Å². The van der Waals surface area contributed by atoms with Gasteiger partial charge in [-0.25, -0.2) is 4.39 Å². The van der Waals surface area contributed by atoms with Crippen LogP contribution in [0.15, 0.2) is 18.2 Å². The van der Waals surface area contributed by atoms with Crippen LogP contribution >= 0.6 is 11.6 Å². The highest BCUT2D eigenvalue weighted by Gasteiger charge is 2.15. The van der Waals surface area contributed by atoms with Gasteiger partial charge in [0.05, 0.1) is 5.02 Å². The Morgan fingerprint density at radius 2 is 2.11 bits per heavy atom. The smallest absolute Gasteiger partial charge is 0.246 e. The molecule has 0 radical (unpaired) electrons. The predicted octanol–water partition coefficient (Wildman–Crippen LogP) is 2.33. The summed E-state index contributed by atoms with van der Waals surface area (Å²) < 4.78 is 12.9. The summed E-state index contributed by atoms with van der Waals surface area (Å²) in [5.74, 6) is -1.16. The normalized spacial score (nSPS) is 11.8. The Hall–Kier alpha value is -1.62. The SMILES string of the molecule is CCC(=O)N[C@@H](C)C(=O)Nc1ccc(F)c(Cl)c1. The molecule has 1 atom stereocenters. The fourth-order valence-electron chi connectivity index (χ4n) is 1.23. The molecule has 2 N–H and O–H groups in total. The second-order valence-electron chi connectivity index (χ2n) is 3.76. The molecule has 0 spiro atoms. The third kappa shape index (κ3) is 4.00. The summed E-state index contributed by atoms with van der Waals surface area (Å²) in [5.41, 5.74) is 0.379. The highest BCUT2D eigenvalue weighted by molar-refractivity contribution is 6.31. The number of anilines is 1. The third-order valence-corrected chi connectivity index (χ3v) is 2.57. The zero-order valence-electron chi connectivity index (χ0n) is 10.1. The number of rotatable bonds is 4. The van der Waals surface area contributed by atoms with Crippen LogP contribution in [-0.2, 0) is 9.59 Å². The number of nitrogens with one attached hydrogen (secondary N) is 2. The molecule has 6 heteroatoms. The molecule has 1 aromatic carbocycles. The van der Waals surface area contributed by atoms with Crippen LogP contribution in [0, 0.1) is 5.82 Å². The first kappa shape index (κ1) is 14.4. The Bertz CT molecular complexity index is 465. The van der Waals surface area contributed by atoms with E-state index in [1.165, 1.54) is 12.1 Å². The van der Waals surface area contributed by atoms with Crippen LogP contribution in [0.25, 0.3) is 0 Å². The van der Waals surface area contributed by atoms with Crippen molar-refractivity contribution in [3.05, 3.63) is 29.0 Å². The molecule has 2 amide bonds. The Morgan fingerprint density at radius 1 is 1.44 bits per heavy atom. The minimum atomic E-state index is -0.665. The van der Waals surface area contributed by atoms with E-state index in [0.717, 1.165) is 6.07 Å². The Labute approximate surface area is 110 Å². The summed E-state index contributed by atoms with van der Waals surface area (Å²) in [6.07, 6.45) is 0.306. The van der Waals surface area contributed by atoms with E-state index in [-0.39, 0.29) is 16.8 Å². The van der Waals surface area contributed by atoms with E-state index < -0.39 is 11.9 Å². The summed E-state index contributed by atoms with van der Waals surface area (Å²) in [7, 11) is 0. The molecule has 0 saturated heterocycles. The molecule has 1 rings (SSSR count). The number of carbonyl (C=O) groups excluding carboxylic acids is 2. The maximum Gasteiger partial charge on any atom is 0.246 e. The number of carbonyl (C=O) groups is 2. The molecule has 4 nitrogen and oxygen atoms in total. The van der Waals surface area contributed by atoms with Crippen LogP contribution in [0.5, 0.6) is 0 Å². The van der Waals surface area contributed by atoms with E-state index in [9.17, 15) is 14.0 Å². The summed E-state index contributed by atoms with van der Waals surface area (Å²) in [6, 6.07) is 3.20. The monoisotopic (exact) mass is 272 g/mol. The number of hydrogen-bond donors (Lipinski definition) is 2. The van der Waals surface area contributed by atoms with Crippen molar-refractivity contribution in [2.24, 2.45) is 0 Å². The lowest BCUT2D eigenvalue weighted by molar-refractivity contribution is -0.125. The van der Waals surface area contributed by atoms with Gasteiger partial charge in [-0.15, -0.1) is 0 Å². The van der Waals surface area contributed by atoms with Crippen molar-refractivity contribution >= 4 is 29.1 Å². The molecule has 0 bridgehead atoms. The van der Waals surface area contributed by atoms with Gasteiger partial charge in [-0.2, -0.15) is 0 Å². The predicted molar refractivity (Wildman–Crippen MR) is 67.9 cm³/mol. The van der Waals surface area contributed by atoms with E-state index in [1.807, 2.05) is 0 Å². The fraction of sp³-hybridized carbons (Fsp3) is 0.333. The number of hydrogen-bond acceptors (Lipinski definition) is 2. The molecule has 0 unspecified atom stereocenters. The molecule has 1 aromatic rings. The van der Waals surface area contributed by atoms with Crippen LogP contribution in [0.2, 0.25) is 5.02 Å². The van der Waals surface area contributed by atoms with Crippen molar-refractivity contribution in [1.29, 1.82) is 0 Å². The Morgan fingerprint density at radius 3 is 2.67 bits per heavy atom. The summed E-state index contributed by atoms with van der Waals surface area (Å²) in [5, 5.41) is 4.98. The van der Waals surface area contributed by atoms with Gasteiger partial charge < -0.3 is 10.6 Å². The molecule has 18 heavy (non-hydrogen) atoms. The molecule has 0 aliphatic rings.